The number of nitrogens with one attached hydrogen (secondary N) is 1. The maximum atomic E-state index is 13.1. The summed E-state index contributed by atoms with van der Waals surface area (Å²) in [6, 6.07) is 10.5. The van der Waals surface area contributed by atoms with Crippen LogP contribution in [0.2, 0.25) is 5.02 Å². The molecule has 0 aliphatic heterocycles. The number of carbonyl (C=O) groups excluding carboxylic acids is 1. The first-order chi connectivity index (χ1) is 16.8. The van der Waals surface area contributed by atoms with Gasteiger partial charge in [-0.1, -0.05) is 29.8 Å². The van der Waals surface area contributed by atoms with E-state index >= 15 is 0 Å². The molecule has 0 saturated heterocycles. The van der Waals surface area contributed by atoms with Crippen LogP contribution in [0.3, 0.4) is 0 Å². The van der Waals surface area contributed by atoms with Crippen LogP contribution in [0.25, 0.3) is 11.4 Å². The molecular formula is C22H19ClF6N4O3. The van der Waals surface area contributed by atoms with Crippen molar-refractivity contribution in [3.63, 3.8) is 0 Å². The van der Waals surface area contributed by atoms with E-state index in [4.69, 9.17) is 11.6 Å². The Morgan fingerprint density at radius 1 is 1.06 bits per heavy atom. The summed E-state index contributed by atoms with van der Waals surface area (Å²) in [5, 5.41) is 16.1. The minimum absolute atomic E-state index is 0.0436. The fourth-order valence-corrected chi connectivity index (χ4v) is 3.47. The van der Waals surface area contributed by atoms with Crippen molar-refractivity contribution in [2.75, 3.05) is 6.54 Å². The molecule has 0 radical (unpaired) electrons. The minimum Gasteiger partial charge on any atom is -0.382 e. The average molecular weight is 537 g/mol. The number of nitrogens with zero attached hydrogens (tertiary/aromatic N) is 3. The smallest absolute Gasteiger partial charge is 0.382 e. The molecule has 0 saturated carbocycles. The maximum absolute atomic E-state index is 13.1. The average Bonchev–Trinajstić information content (AvgIpc) is 3.08. The third kappa shape index (κ3) is 6.66. The second kappa shape index (κ2) is 10.7. The zero-order chi connectivity index (χ0) is 26.7. The molecule has 0 fully saturated rings. The first-order valence-corrected chi connectivity index (χ1v) is 10.8. The van der Waals surface area contributed by atoms with Gasteiger partial charge in [0.1, 0.15) is 6.54 Å². The molecule has 1 amide bonds. The summed E-state index contributed by atoms with van der Waals surface area (Å²) in [6.45, 7) is -2.08. The summed E-state index contributed by atoms with van der Waals surface area (Å²) in [5.41, 5.74) is -1.78. The van der Waals surface area contributed by atoms with Gasteiger partial charge < -0.3 is 10.4 Å². The topological polar surface area (TPSA) is 89.2 Å². The predicted molar refractivity (Wildman–Crippen MR) is 117 cm³/mol. The van der Waals surface area contributed by atoms with E-state index in [1.54, 1.807) is 0 Å². The Balaban J connectivity index is 1.78. The van der Waals surface area contributed by atoms with Crippen molar-refractivity contribution in [1.82, 2.24) is 19.7 Å². The molecule has 0 aliphatic carbocycles. The molecule has 14 heteroatoms. The third-order valence-electron chi connectivity index (χ3n) is 5.09. The van der Waals surface area contributed by atoms with E-state index < -0.39 is 48.7 Å². The molecule has 7 nitrogen and oxygen atoms in total. The Morgan fingerprint density at radius 2 is 1.69 bits per heavy atom. The summed E-state index contributed by atoms with van der Waals surface area (Å²) < 4.78 is 79.2. The standard InChI is InChI=1S/C22H19ClF6N4O3/c23-15-7-5-14(6-8-15)19-31-33(20(36)32(19)11-17(34)22(27,28)29)12-18(35)30-10-9-13-3-1-2-4-16(13)21(24,25)26/h1-8,17,34H,9-12H2,(H,30,35). The Morgan fingerprint density at radius 3 is 2.31 bits per heavy atom. The van der Waals surface area contributed by atoms with Gasteiger partial charge in [0.25, 0.3) is 0 Å². The number of rotatable bonds is 8. The maximum Gasteiger partial charge on any atom is 0.416 e. The van der Waals surface area contributed by atoms with Crippen molar-refractivity contribution in [3.05, 3.63) is 75.2 Å². The van der Waals surface area contributed by atoms with Gasteiger partial charge in [-0.15, -0.1) is 5.10 Å². The van der Waals surface area contributed by atoms with E-state index in [0.717, 1.165) is 6.07 Å². The monoisotopic (exact) mass is 536 g/mol. The molecule has 1 atom stereocenters. The van der Waals surface area contributed by atoms with Gasteiger partial charge in [0.2, 0.25) is 5.91 Å². The summed E-state index contributed by atoms with van der Waals surface area (Å²) in [4.78, 5) is 25.1. The van der Waals surface area contributed by atoms with Gasteiger partial charge in [-0.2, -0.15) is 26.3 Å². The number of benzene rings is 2. The highest BCUT2D eigenvalue weighted by atomic mass is 35.5. The van der Waals surface area contributed by atoms with Crippen LogP contribution < -0.4 is 11.0 Å². The molecule has 2 aromatic carbocycles. The van der Waals surface area contributed by atoms with Gasteiger partial charge in [0, 0.05) is 17.1 Å². The SMILES string of the molecule is O=C(Cn1nc(-c2ccc(Cl)cc2)n(CC(O)C(F)(F)F)c1=O)NCCc1ccccc1C(F)(F)F. The Labute approximate surface area is 204 Å². The Hall–Kier alpha value is -3.32. The molecule has 0 bridgehead atoms. The van der Waals surface area contributed by atoms with Gasteiger partial charge >= 0.3 is 18.0 Å². The molecule has 1 unspecified atom stereocenters. The van der Waals surface area contributed by atoms with Crippen LogP contribution in [0.5, 0.6) is 0 Å². The molecule has 1 aromatic heterocycles. The molecular weight excluding hydrogens is 518 g/mol. The van der Waals surface area contributed by atoms with Crippen molar-refractivity contribution in [2.45, 2.75) is 38.0 Å². The minimum atomic E-state index is -5.01. The fraction of sp³-hybridized carbons (Fsp3) is 0.318. The Bertz CT molecular complexity index is 1270. The van der Waals surface area contributed by atoms with E-state index in [-0.39, 0.29) is 29.9 Å². The van der Waals surface area contributed by atoms with Crippen molar-refractivity contribution in [3.8, 4) is 11.4 Å². The van der Waals surface area contributed by atoms with Crippen LogP contribution in [0.4, 0.5) is 26.3 Å². The molecule has 0 aliphatic rings. The summed E-state index contributed by atoms with van der Waals surface area (Å²) in [7, 11) is 0. The van der Waals surface area contributed by atoms with Crippen molar-refractivity contribution in [2.24, 2.45) is 0 Å². The van der Waals surface area contributed by atoms with Gasteiger partial charge in [0.15, 0.2) is 11.9 Å². The third-order valence-corrected chi connectivity index (χ3v) is 5.34. The van der Waals surface area contributed by atoms with E-state index in [0.29, 0.717) is 14.3 Å². The highest BCUT2D eigenvalue weighted by Crippen LogP contribution is 2.32. The van der Waals surface area contributed by atoms with Gasteiger partial charge in [-0.3, -0.25) is 9.36 Å². The van der Waals surface area contributed by atoms with Crippen LogP contribution >= 0.6 is 11.6 Å². The van der Waals surface area contributed by atoms with Crippen LogP contribution in [0.15, 0.2) is 53.3 Å². The number of amides is 1. The molecule has 3 rings (SSSR count). The highest BCUT2D eigenvalue weighted by molar-refractivity contribution is 6.30. The summed E-state index contributed by atoms with van der Waals surface area (Å²) in [5.74, 6) is -1.04. The quantitative estimate of drug-likeness (QED) is 0.430. The summed E-state index contributed by atoms with van der Waals surface area (Å²) in [6.07, 6.45) is -12.6. The van der Waals surface area contributed by atoms with Gasteiger partial charge in [-0.05, 0) is 42.3 Å². The number of halogens is 7. The second-order valence-corrected chi connectivity index (χ2v) is 8.13. The lowest BCUT2D eigenvalue weighted by Gasteiger charge is -2.15. The number of carbonyl (C=O) groups is 1. The lowest BCUT2D eigenvalue weighted by atomic mass is 10.0. The second-order valence-electron chi connectivity index (χ2n) is 7.69. The van der Waals surface area contributed by atoms with Crippen molar-refractivity contribution < 1.29 is 36.2 Å². The molecule has 0 spiro atoms. The Kier molecular flexibility index (Phi) is 8.14. The lowest BCUT2D eigenvalue weighted by Crippen LogP contribution is -2.38. The largest absolute Gasteiger partial charge is 0.416 e. The zero-order valence-electron chi connectivity index (χ0n) is 18.3. The number of hydrogen-bond acceptors (Lipinski definition) is 4. The first-order valence-electron chi connectivity index (χ1n) is 10.4. The lowest BCUT2D eigenvalue weighted by molar-refractivity contribution is -0.207. The number of aliphatic hydroxyl groups is 1. The zero-order valence-corrected chi connectivity index (χ0v) is 19.0. The normalized spacial score (nSPS) is 13.0. The number of aromatic nitrogens is 3. The molecule has 2 N–H and O–H groups in total. The molecule has 194 valence electrons. The van der Waals surface area contributed by atoms with Crippen molar-refractivity contribution in [1.29, 1.82) is 0 Å². The fourth-order valence-electron chi connectivity index (χ4n) is 3.34. The number of alkyl halides is 6. The molecule has 36 heavy (non-hydrogen) atoms. The number of hydrogen-bond donors (Lipinski definition) is 2. The van der Waals surface area contributed by atoms with E-state index in [1.807, 2.05) is 0 Å². The highest BCUT2D eigenvalue weighted by Gasteiger charge is 2.39. The van der Waals surface area contributed by atoms with E-state index in [1.165, 1.54) is 42.5 Å². The van der Waals surface area contributed by atoms with Crippen LogP contribution in [0, 0.1) is 0 Å². The molecule has 1 heterocycles. The van der Waals surface area contributed by atoms with Gasteiger partial charge in [-0.25, -0.2) is 9.48 Å². The van der Waals surface area contributed by atoms with E-state index in [9.17, 15) is 41.0 Å². The van der Waals surface area contributed by atoms with Crippen LogP contribution in [-0.2, 0) is 30.5 Å². The summed E-state index contributed by atoms with van der Waals surface area (Å²) >= 11 is 5.82. The van der Waals surface area contributed by atoms with Gasteiger partial charge in [0.05, 0.1) is 12.1 Å². The predicted octanol–water partition coefficient (Wildman–Crippen LogP) is 3.67. The van der Waals surface area contributed by atoms with Crippen molar-refractivity contribution >= 4 is 17.5 Å². The first kappa shape index (κ1) is 27.3. The molecule has 3 aromatic rings. The van der Waals surface area contributed by atoms with Crippen LogP contribution in [0.1, 0.15) is 11.1 Å². The van der Waals surface area contributed by atoms with E-state index in [2.05, 4.69) is 10.4 Å². The van der Waals surface area contributed by atoms with Crippen LogP contribution in [-0.4, -0.2) is 44.2 Å². The number of aliphatic hydroxyl groups excluding tert-OH is 1.